The summed E-state index contributed by atoms with van der Waals surface area (Å²) in [5.41, 5.74) is 0. The molecule has 0 aliphatic heterocycles. The third-order valence-corrected chi connectivity index (χ3v) is 0. The van der Waals surface area contributed by atoms with E-state index in [-0.39, 0.29) is 53.5 Å². The molecule has 0 fully saturated rings. The Balaban J connectivity index is -0.0000000450. The minimum atomic E-state index is -2.17. The first-order valence-corrected chi connectivity index (χ1v) is 0.775. The second kappa shape index (κ2) is 9.84. The van der Waals surface area contributed by atoms with Gasteiger partial charge in [-0.1, -0.05) is 0 Å². The molecule has 3 N–H and O–H groups in total. The molecule has 0 atom stereocenters. The minimum Gasteiger partial charge on any atom is -1.00 e. The normalized spacial score (nSPS) is 4.50. The Morgan fingerprint density at radius 1 is 1.00 bits per heavy atom. The Hall–Kier alpha value is 1.67. The molecule has 0 heterocycles. The molecule has 0 bridgehead atoms. The molecule has 0 aromatic carbocycles. The van der Waals surface area contributed by atoms with E-state index in [4.69, 9.17) is 15.1 Å². The van der Waals surface area contributed by atoms with E-state index in [0.717, 1.165) is 0 Å². The Labute approximate surface area is 75.2 Å². The van der Waals surface area contributed by atoms with Gasteiger partial charge in [-0.3, -0.25) is 0 Å². The van der Waals surface area contributed by atoms with Crippen LogP contribution in [0.1, 0.15) is 0 Å². The van der Waals surface area contributed by atoms with Gasteiger partial charge in [0.05, 0.1) is 0 Å². The molecule has 6 heavy (non-hydrogen) atoms. The zero-order valence-electron chi connectivity index (χ0n) is 3.30. The molecule has 0 rings (SSSR count). The molecule has 32 valence electrons. The SMILES string of the molecule is OB(O)O.[I-].[Na+]. The van der Waals surface area contributed by atoms with E-state index < -0.39 is 7.32 Å². The maximum absolute atomic E-state index is 7.17. The van der Waals surface area contributed by atoms with Gasteiger partial charge in [-0.15, -0.1) is 0 Å². The summed E-state index contributed by atoms with van der Waals surface area (Å²) in [5.74, 6) is 0. The molecule has 6 heteroatoms. The van der Waals surface area contributed by atoms with Crippen LogP contribution in [-0.2, 0) is 0 Å². The van der Waals surface area contributed by atoms with Crippen LogP contribution in [0.25, 0.3) is 0 Å². The number of halogens is 1. The molecule has 0 spiro atoms. The zero-order chi connectivity index (χ0) is 3.58. The predicted octanol–water partition coefficient (Wildman–Crippen LogP) is -8.04. The summed E-state index contributed by atoms with van der Waals surface area (Å²) in [7, 11) is -2.17. The predicted molar refractivity (Wildman–Crippen MR) is 12.4 cm³/mol. The molecular formula is H3BINaO3. The van der Waals surface area contributed by atoms with Crippen LogP contribution in [-0.4, -0.2) is 22.4 Å². The van der Waals surface area contributed by atoms with E-state index in [1.807, 2.05) is 0 Å². The van der Waals surface area contributed by atoms with Gasteiger partial charge in [0.25, 0.3) is 0 Å². The molecule has 0 aliphatic carbocycles. The zero-order valence-corrected chi connectivity index (χ0v) is 7.45. The molecule has 0 saturated heterocycles. The van der Waals surface area contributed by atoms with E-state index >= 15 is 0 Å². The van der Waals surface area contributed by atoms with Crippen molar-refractivity contribution in [2.45, 2.75) is 0 Å². The Morgan fingerprint density at radius 3 is 1.00 bits per heavy atom. The summed E-state index contributed by atoms with van der Waals surface area (Å²) in [6, 6.07) is 0. The fourth-order valence-electron chi connectivity index (χ4n) is 0. The van der Waals surface area contributed by atoms with Gasteiger partial charge in [-0.25, -0.2) is 0 Å². The van der Waals surface area contributed by atoms with Crippen molar-refractivity contribution in [3.05, 3.63) is 0 Å². The fraction of sp³-hybridized carbons (Fsp3) is 0. The van der Waals surface area contributed by atoms with Crippen molar-refractivity contribution in [2.24, 2.45) is 0 Å². The van der Waals surface area contributed by atoms with Gasteiger partial charge >= 0.3 is 36.9 Å². The summed E-state index contributed by atoms with van der Waals surface area (Å²) in [6.07, 6.45) is 0. The maximum Gasteiger partial charge on any atom is 1.00 e. The third-order valence-electron chi connectivity index (χ3n) is 0. The van der Waals surface area contributed by atoms with E-state index in [1.165, 1.54) is 0 Å². The molecule has 0 aromatic heterocycles. The van der Waals surface area contributed by atoms with Gasteiger partial charge in [0.2, 0.25) is 0 Å². The van der Waals surface area contributed by atoms with Crippen LogP contribution in [0.2, 0.25) is 0 Å². The van der Waals surface area contributed by atoms with E-state index in [9.17, 15) is 0 Å². The van der Waals surface area contributed by atoms with Crippen LogP contribution in [0, 0.1) is 0 Å². The second-order valence-corrected chi connectivity index (χ2v) is 0.346. The van der Waals surface area contributed by atoms with Crippen molar-refractivity contribution < 1.29 is 68.6 Å². The molecule has 0 saturated carbocycles. The molecule has 0 aromatic rings. The molecule has 0 unspecified atom stereocenters. The van der Waals surface area contributed by atoms with Crippen LogP contribution in [0.4, 0.5) is 0 Å². The summed E-state index contributed by atoms with van der Waals surface area (Å²) < 4.78 is 0. The van der Waals surface area contributed by atoms with Gasteiger partial charge in [0, 0.05) is 0 Å². The van der Waals surface area contributed by atoms with Crippen LogP contribution in [0.15, 0.2) is 0 Å². The van der Waals surface area contributed by atoms with Gasteiger partial charge in [0.15, 0.2) is 0 Å². The molecule has 0 radical (unpaired) electrons. The van der Waals surface area contributed by atoms with Crippen molar-refractivity contribution >= 4 is 7.32 Å². The first-order valence-electron chi connectivity index (χ1n) is 0.775. The summed E-state index contributed by atoms with van der Waals surface area (Å²) in [4.78, 5) is 0. The van der Waals surface area contributed by atoms with Crippen LogP contribution < -0.4 is 53.5 Å². The molecular weight excluding hydrogens is 209 g/mol. The van der Waals surface area contributed by atoms with Crippen LogP contribution in [0.5, 0.6) is 0 Å². The van der Waals surface area contributed by atoms with Gasteiger partial charge < -0.3 is 39.0 Å². The largest absolute Gasteiger partial charge is 1.00 e. The van der Waals surface area contributed by atoms with Gasteiger partial charge in [-0.05, 0) is 0 Å². The Morgan fingerprint density at radius 2 is 1.00 bits per heavy atom. The number of hydrogen-bond donors (Lipinski definition) is 3. The van der Waals surface area contributed by atoms with Gasteiger partial charge in [-0.2, -0.15) is 0 Å². The van der Waals surface area contributed by atoms with Crippen molar-refractivity contribution in [3.63, 3.8) is 0 Å². The van der Waals surface area contributed by atoms with Crippen molar-refractivity contribution in [1.29, 1.82) is 0 Å². The molecule has 3 nitrogen and oxygen atoms in total. The number of hydrogen-bond acceptors (Lipinski definition) is 3. The average Bonchev–Trinajstić information content (AvgIpc) is 0.811. The smallest absolute Gasteiger partial charge is 1.00 e. The van der Waals surface area contributed by atoms with Crippen LogP contribution in [0.3, 0.4) is 0 Å². The molecule has 0 amide bonds. The Kier molecular flexibility index (Phi) is 25.6. The summed E-state index contributed by atoms with van der Waals surface area (Å²) in [6.45, 7) is 0. The summed E-state index contributed by atoms with van der Waals surface area (Å²) >= 11 is 0. The first kappa shape index (κ1) is 15.6. The molecule has 0 aliphatic rings. The van der Waals surface area contributed by atoms with E-state index in [1.54, 1.807) is 0 Å². The minimum absolute atomic E-state index is 0. The van der Waals surface area contributed by atoms with Crippen molar-refractivity contribution in [1.82, 2.24) is 0 Å². The first-order chi connectivity index (χ1) is 1.73. The topological polar surface area (TPSA) is 60.7 Å². The van der Waals surface area contributed by atoms with Gasteiger partial charge in [0.1, 0.15) is 0 Å². The van der Waals surface area contributed by atoms with E-state index in [2.05, 4.69) is 0 Å². The maximum atomic E-state index is 7.17. The third kappa shape index (κ3) is 44.2. The fourth-order valence-corrected chi connectivity index (χ4v) is 0. The van der Waals surface area contributed by atoms with Crippen LogP contribution >= 0.6 is 0 Å². The van der Waals surface area contributed by atoms with Crippen molar-refractivity contribution in [2.75, 3.05) is 0 Å². The summed E-state index contributed by atoms with van der Waals surface area (Å²) in [5, 5.41) is 21.5. The monoisotopic (exact) mass is 212 g/mol. The average molecular weight is 212 g/mol. The Bertz CT molecular complexity index is 15.5. The van der Waals surface area contributed by atoms with Crippen molar-refractivity contribution in [3.8, 4) is 0 Å². The standard InChI is InChI=1S/BH3O3.HI.Na/c2-1(3)4;;/h2-4H;1H;/q;;+1/p-1. The van der Waals surface area contributed by atoms with E-state index in [0.29, 0.717) is 0 Å². The number of rotatable bonds is 0. The quantitative estimate of drug-likeness (QED) is 0.276. The second-order valence-electron chi connectivity index (χ2n) is 0.346.